The summed E-state index contributed by atoms with van der Waals surface area (Å²) >= 11 is 0. The van der Waals surface area contributed by atoms with Crippen LogP contribution in [0.4, 0.5) is 17.1 Å². The summed E-state index contributed by atoms with van der Waals surface area (Å²) in [5.41, 5.74) is 29.2. The van der Waals surface area contributed by atoms with Crippen molar-refractivity contribution >= 4 is 28.2 Å². The highest BCUT2D eigenvalue weighted by atomic mass is 15.1. The molecule has 0 N–H and O–H groups in total. The van der Waals surface area contributed by atoms with Gasteiger partial charge in [0.1, 0.15) is 0 Å². The smallest absolute Gasteiger partial charge is 0.0726 e. The summed E-state index contributed by atoms with van der Waals surface area (Å²) in [6.45, 7) is 0. The Bertz CT molecular complexity index is 3450. The second-order valence-electron chi connectivity index (χ2n) is 18.4. The molecular formula is C62H41N. The van der Waals surface area contributed by atoms with Gasteiger partial charge in [-0.3, -0.25) is 0 Å². The molecule has 0 saturated carbocycles. The van der Waals surface area contributed by atoms with Crippen molar-refractivity contribution in [2.45, 2.75) is 36.0 Å². The molecule has 8 aromatic rings. The van der Waals surface area contributed by atoms with Crippen LogP contribution in [0, 0.1) is 0 Å². The van der Waals surface area contributed by atoms with Crippen molar-refractivity contribution < 1.29 is 0 Å². The molecule has 0 aromatic heterocycles. The lowest BCUT2D eigenvalue weighted by atomic mass is 9.70. The molecule has 0 aliphatic heterocycles. The van der Waals surface area contributed by atoms with E-state index in [2.05, 4.69) is 211 Å². The number of hydrogen-bond acceptors (Lipinski definition) is 1. The first-order chi connectivity index (χ1) is 31.3. The summed E-state index contributed by atoms with van der Waals surface area (Å²) in [7, 11) is 0. The standard InChI is InChI=1S/C62H41N/c1-2-15-38(16-3-1)39-31-33-40(34-32-39)63(57-30-14-29-55-58(57)50-20-7-11-28-54(50)61(55)51-25-8-4-17-42(51)43-18-5-9-26-52(43)61)41-35-36-45-47-22-13-24-49-48-23-12-21-46-44-19-6-10-27-53(44)62(59(46)48,60(47)49)56(45)37-41/h2,4-21,23-37,47H,1,3,22H2. The number of allylic oxidation sites excluding steroid dienone is 8. The summed E-state index contributed by atoms with van der Waals surface area (Å²) in [5.74, 6) is 0.347. The van der Waals surface area contributed by atoms with Crippen LogP contribution in [0.1, 0.15) is 80.8 Å². The average Bonchev–Trinajstić information content (AvgIpc) is 4.11. The third-order valence-corrected chi connectivity index (χ3v) is 15.8. The highest BCUT2D eigenvalue weighted by Gasteiger charge is 2.60. The Hall–Kier alpha value is -7.48. The van der Waals surface area contributed by atoms with E-state index in [4.69, 9.17) is 0 Å². The Morgan fingerprint density at radius 3 is 1.78 bits per heavy atom. The molecule has 7 aliphatic rings. The molecule has 1 heteroatoms. The van der Waals surface area contributed by atoms with Crippen LogP contribution in [-0.2, 0) is 10.8 Å². The van der Waals surface area contributed by atoms with E-state index in [0.29, 0.717) is 5.92 Å². The predicted molar refractivity (Wildman–Crippen MR) is 259 cm³/mol. The molecule has 8 aromatic carbocycles. The summed E-state index contributed by atoms with van der Waals surface area (Å²) in [4.78, 5) is 2.59. The van der Waals surface area contributed by atoms with Gasteiger partial charge in [-0.25, -0.2) is 0 Å². The van der Waals surface area contributed by atoms with Crippen LogP contribution >= 0.6 is 0 Å². The van der Waals surface area contributed by atoms with Gasteiger partial charge in [0, 0.05) is 22.9 Å². The number of fused-ring (bicyclic) bond motifs is 15. The number of hydrogen-bond donors (Lipinski definition) is 0. The van der Waals surface area contributed by atoms with Crippen LogP contribution < -0.4 is 4.90 Å². The van der Waals surface area contributed by atoms with Crippen molar-refractivity contribution in [3.8, 4) is 33.4 Å². The Kier molecular flexibility index (Phi) is 6.57. The van der Waals surface area contributed by atoms with Crippen LogP contribution in [-0.4, -0.2) is 0 Å². The van der Waals surface area contributed by atoms with E-state index in [-0.39, 0.29) is 5.41 Å². The van der Waals surface area contributed by atoms with Gasteiger partial charge in [0.25, 0.3) is 0 Å². The molecule has 0 amide bonds. The SMILES string of the molecule is C1=CC(c2ccc(N(c3ccc4c(c3)C35C6=C(C=CCC64)c4cccc(c43)-c3ccccc35)c3cccc4c3-c3ccccc3C43c4ccccc4-c4ccccc43)cc2)=CCC1. The molecule has 63 heavy (non-hydrogen) atoms. The number of benzene rings is 8. The Morgan fingerprint density at radius 1 is 0.444 bits per heavy atom. The van der Waals surface area contributed by atoms with Crippen molar-refractivity contribution in [2.24, 2.45) is 0 Å². The van der Waals surface area contributed by atoms with Crippen molar-refractivity contribution in [3.63, 3.8) is 0 Å². The minimum absolute atomic E-state index is 0.305. The second kappa shape index (κ2) is 12.1. The maximum absolute atomic E-state index is 2.60. The normalized spacial score (nSPS) is 19.8. The van der Waals surface area contributed by atoms with E-state index in [0.717, 1.165) is 24.9 Å². The lowest BCUT2D eigenvalue weighted by Gasteiger charge is -2.33. The van der Waals surface area contributed by atoms with Crippen LogP contribution in [0.2, 0.25) is 0 Å². The molecule has 2 atom stereocenters. The molecular weight excluding hydrogens is 759 g/mol. The maximum Gasteiger partial charge on any atom is 0.0726 e. The average molecular weight is 800 g/mol. The summed E-state index contributed by atoms with van der Waals surface area (Å²) in [5, 5.41) is 0. The van der Waals surface area contributed by atoms with Gasteiger partial charge < -0.3 is 4.90 Å². The number of rotatable bonds is 4. The van der Waals surface area contributed by atoms with Gasteiger partial charge >= 0.3 is 0 Å². The van der Waals surface area contributed by atoms with Gasteiger partial charge in [-0.2, -0.15) is 0 Å². The Morgan fingerprint density at radius 2 is 1.05 bits per heavy atom. The Labute approximate surface area is 368 Å². The van der Waals surface area contributed by atoms with Gasteiger partial charge in [-0.05, 0) is 150 Å². The van der Waals surface area contributed by atoms with Gasteiger partial charge in [-0.1, -0.05) is 176 Å². The lowest BCUT2D eigenvalue weighted by Crippen LogP contribution is -2.26. The zero-order valence-electron chi connectivity index (χ0n) is 34.8. The molecule has 2 unspecified atom stereocenters. The molecule has 1 nitrogen and oxygen atoms in total. The fraction of sp³-hybridized carbons (Fsp3) is 0.0968. The Balaban J connectivity index is 1.01. The third-order valence-electron chi connectivity index (χ3n) is 15.8. The minimum atomic E-state index is -0.426. The van der Waals surface area contributed by atoms with E-state index in [9.17, 15) is 0 Å². The number of anilines is 3. The van der Waals surface area contributed by atoms with Crippen LogP contribution in [0.15, 0.2) is 212 Å². The monoisotopic (exact) mass is 799 g/mol. The van der Waals surface area contributed by atoms with E-state index in [1.807, 2.05) is 0 Å². The second-order valence-corrected chi connectivity index (χ2v) is 18.4. The first-order valence-corrected chi connectivity index (χ1v) is 22.8. The van der Waals surface area contributed by atoms with Gasteiger partial charge in [-0.15, -0.1) is 0 Å². The largest absolute Gasteiger partial charge is 0.310 e. The lowest BCUT2D eigenvalue weighted by molar-refractivity contribution is 0.729. The van der Waals surface area contributed by atoms with Gasteiger partial charge in [0.2, 0.25) is 0 Å². The highest BCUT2D eigenvalue weighted by Crippen LogP contribution is 2.72. The molecule has 0 radical (unpaired) electrons. The minimum Gasteiger partial charge on any atom is -0.310 e. The predicted octanol–water partition coefficient (Wildman–Crippen LogP) is 15.4. The van der Waals surface area contributed by atoms with Gasteiger partial charge in [0.05, 0.1) is 16.5 Å². The van der Waals surface area contributed by atoms with E-state index < -0.39 is 5.41 Å². The van der Waals surface area contributed by atoms with Crippen LogP contribution in [0.3, 0.4) is 0 Å². The van der Waals surface area contributed by atoms with Crippen LogP contribution in [0.25, 0.3) is 44.5 Å². The molecule has 7 aliphatic carbocycles. The van der Waals surface area contributed by atoms with Crippen molar-refractivity contribution in [3.05, 3.63) is 268 Å². The first kappa shape index (κ1) is 34.1. The fourth-order valence-corrected chi connectivity index (χ4v) is 13.7. The fourth-order valence-electron chi connectivity index (χ4n) is 13.7. The van der Waals surface area contributed by atoms with Gasteiger partial charge in [0.15, 0.2) is 0 Å². The van der Waals surface area contributed by atoms with E-state index >= 15 is 0 Å². The molecule has 0 bridgehead atoms. The summed E-state index contributed by atoms with van der Waals surface area (Å²) in [6, 6.07) is 67.8. The van der Waals surface area contributed by atoms with Crippen molar-refractivity contribution in [1.29, 1.82) is 0 Å². The van der Waals surface area contributed by atoms with Crippen molar-refractivity contribution in [1.82, 2.24) is 0 Å². The third kappa shape index (κ3) is 4.02. The summed E-state index contributed by atoms with van der Waals surface area (Å²) in [6.07, 6.45) is 15.1. The van der Waals surface area contributed by atoms with Crippen LogP contribution in [0.5, 0.6) is 0 Å². The zero-order valence-corrected chi connectivity index (χ0v) is 34.8. The number of nitrogens with zero attached hydrogens (tertiary/aromatic N) is 1. The van der Waals surface area contributed by atoms with E-state index in [1.54, 1.807) is 5.57 Å². The topological polar surface area (TPSA) is 3.24 Å². The summed E-state index contributed by atoms with van der Waals surface area (Å²) < 4.78 is 0. The maximum atomic E-state index is 2.60. The molecule has 0 saturated heterocycles. The molecule has 0 heterocycles. The molecule has 294 valence electrons. The molecule has 2 spiro atoms. The van der Waals surface area contributed by atoms with E-state index in [1.165, 1.54) is 112 Å². The molecule has 15 rings (SSSR count). The quantitative estimate of drug-likeness (QED) is 0.171. The molecule has 0 fully saturated rings. The zero-order chi connectivity index (χ0) is 41.0. The first-order valence-electron chi connectivity index (χ1n) is 22.8. The highest BCUT2D eigenvalue weighted by molar-refractivity contribution is 6.04. The van der Waals surface area contributed by atoms with Crippen molar-refractivity contribution in [2.75, 3.05) is 4.90 Å².